The van der Waals surface area contributed by atoms with Gasteiger partial charge in [0.25, 0.3) is 0 Å². The molecule has 2 fully saturated rings. The van der Waals surface area contributed by atoms with Crippen molar-refractivity contribution in [3.63, 3.8) is 0 Å². The van der Waals surface area contributed by atoms with Crippen molar-refractivity contribution < 1.29 is 9.53 Å². The van der Waals surface area contributed by atoms with Crippen LogP contribution in [0.15, 0.2) is 30.3 Å². The van der Waals surface area contributed by atoms with Crippen molar-refractivity contribution in [3.05, 3.63) is 35.9 Å². The number of nitrogens with one attached hydrogen (secondary N) is 2. The highest BCUT2D eigenvalue weighted by Gasteiger charge is 2.34. The summed E-state index contributed by atoms with van der Waals surface area (Å²) in [5, 5.41) is 6.60. The van der Waals surface area contributed by atoms with Crippen LogP contribution in [0.2, 0.25) is 0 Å². The molecule has 2 saturated heterocycles. The van der Waals surface area contributed by atoms with E-state index in [1.807, 2.05) is 6.07 Å². The molecule has 1 aromatic rings. The minimum atomic E-state index is 0. The van der Waals surface area contributed by atoms with Crippen LogP contribution in [0.1, 0.15) is 44.1 Å². The summed E-state index contributed by atoms with van der Waals surface area (Å²) < 4.78 is 5.56. The van der Waals surface area contributed by atoms with Gasteiger partial charge >= 0.3 is 0 Å². The minimum Gasteiger partial charge on any atom is -0.381 e. The summed E-state index contributed by atoms with van der Waals surface area (Å²) in [7, 11) is 0. The molecule has 2 aliphatic heterocycles. The standard InChI is InChI=1S/C20H30N2O2.ClH/c23-19(7-6-17-8-12-21-13-9-17)22-16-20(10-14-24-15-11-20)18-4-2-1-3-5-18;/h1-5,17,21H,6-16H2,(H,22,23);1H. The summed E-state index contributed by atoms with van der Waals surface area (Å²) in [5.41, 5.74) is 1.36. The van der Waals surface area contributed by atoms with Gasteiger partial charge in [0.15, 0.2) is 0 Å². The Bertz CT molecular complexity index is 512. The molecule has 1 amide bonds. The van der Waals surface area contributed by atoms with E-state index >= 15 is 0 Å². The van der Waals surface area contributed by atoms with Crippen molar-refractivity contribution in [1.82, 2.24) is 10.6 Å². The van der Waals surface area contributed by atoms with E-state index < -0.39 is 0 Å². The number of amides is 1. The summed E-state index contributed by atoms with van der Waals surface area (Å²) in [6, 6.07) is 10.6. The van der Waals surface area contributed by atoms with E-state index in [-0.39, 0.29) is 23.7 Å². The zero-order chi connectivity index (χ0) is 16.7. The number of hydrogen-bond donors (Lipinski definition) is 2. The molecule has 0 saturated carbocycles. The van der Waals surface area contributed by atoms with Crippen LogP contribution in [0.5, 0.6) is 0 Å². The van der Waals surface area contributed by atoms with Gasteiger partial charge in [0, 0.05) is 31.6 Å². The highest BCUT2D eigenvalue weighted by atomic mass is 35.5. The van der Waals surface area contributed by atoms with E-state index in [4.69, 9.17) is 4.74 Å². The smallest absolute Gasteiger partial charge is 0.220 e. The van der Waals surface area contributed by atoms with E-state index in [0.29, 0.717) is 12.3 Å². The fourth-order valence-electron chi connectivity index (χ4n) is 3.98. The van der Waals surface area contributed by atoms with Crippen LogP contribution in [-0.2, 0) is 14.9 Å². The first-order chi connectivity index (χ1) is 11.8. The number of benzene rings is 1. The van der Waals surface area contributed by atoms with Crippen molar-refractivity contribution in [3.8, 4) is 0 Å². The third-order valence-corrected chi connectivity index (χ3v) is 5.70. The molecule has 0 bridgehead atoms. The normalized spacial score (nSPS) is 20.5. The molecule has 0 radical (unpaired) electrons. The summed E-state index contributed by atoms with van der Waals surface area (Å²) in [6.45, 7) is 4.48. The average molecular weight is 367 g/mol. The second-order valence-electron chi connectivity index (χ2n) is 7.27. The third-order valence-electron chi connectivity index (χ3n) is 5.70. The molecule has 2 aliphatic rings. The maximum absolute atomic E-state index is 12.3. The average Bonchev–Trinajstić information content (AvgIpc) is 2.67. The number of piperidine rings is 1. The van der Waals surface area contributed by atoms with Gasteiger partial charge in [-0.1, -0.05) is 30.3 Å². The van der Waals surface area contributed by atoms with Gasteiger partial charge in [-0.2, -0.15) is 0 Å². The Morgan fingerprint density at radius 1 is 1.16 bits per heavy atom. The van der Waals surface area contributed by atoms with Gasteiger partial charge < -0.3 is 15.4 Å². The molecule has 3 rings (SSSR count). The molecule has 0 atom stereocenters. The number of carbonyl (C=O) groups is 1. The first-order valence-corrected chi connectivity index (χ1v) is 9.39. The maximum atomic E-state index is 12.3. The van der Waals surface area contributed by atoms with E-state index in [9.17, 15) is 4.79 Å². The van der Waals surface area contributed by atoms with Crippen molar-refractivity contribution in [1.29, 1.82) is 0 Å². The number of rotatable bonds is 6. The van der Waals surface area contributed by atoms with Gasteiger partial charge in [-0.3, -0.25) is 4.79 Å². The molecule has 0 aliphatic carbocycles. The van der Waals surface area contributed by atoms with Crippen LogP contribution in [-0.4, -0.2) is 38.8 Å². The predicted octanol–water partition coefficient (Wildman–Crippen LogP) is 3.05. The first kappa shape index (κ1) is 20.2. The Hall–Kier alpha value is -1.10. The Morgan fingerprint density at radius 3 is 2.52 bits per heavy atom. The van der Waals surface area contributed by atoms with E-state index in [1.54, 1.807) is 0 Å². The van der Waals surface area contributed by atoms with Crippen LogP contribution < -0.4 is 10.6 Å². The molecular weight excluding hydrogens is 336 g/mol. The molecular formula is C20H31ClN2O2. The van der Waals surface area contributed by atoms with Gasteiger partial charge in [-0.05, 0) is 56.7 Å². The fraction of sp³-hybridized carbons (Fsp3) is 0.650. The molecule has 4 nitrogen and oxygen atoms in total. The predicted molar refractivity (Wildman–Crippen MR) is 103 cm³/mol. The first-order valence-electron chi connectivity index (χ1n) is 9.39. The molecule has 5 heteroatoms. The molecule has 1 aromatic carbocycles. The Morgan fingerprint density at radius 2 is 1.84 bits per heavy atom. The van der Waals surface area contributed by atoms with Crippen molar-refractivity contribution in [2.24, 2.45) is 5.92 Å². The number of carbonyl (C=O) groups excluding carboxylic acids is 1. The highest BCUT2D eigenvalue weighted by molar-refractivity contribution is 5.85. The van der Waals surface area contributed by atoms with E-state index in [1.165, 1.54) is 18.4 Å². The molecule has 2 N–H and O–H groups in total. The van der Waals surface area contributed by atoms with Crippen molar-refractivity contribution in [2.45, 2.75) is 43.9 Å². The molecule has 0 unspecified atom stereocenters. The van der Waals surface area contributed by atoms with Gasteiger partial charge in [0.05, 0.1) is 0 Å². The third kappa shape index (κ3) is 5.70. The zero-order valence-corrected chi connectivity index (χ0v) is 15.8. The quantitative estimate of drug-likeness (QED) is 0.813. The van der Waals surface area contributed by atoms with E-state index in [2.05, 4.69) is 34.9 Å². The van der Waals surface area contributed by atoms with Crippen LogP contribution >= 0.6 is 12.4 Å². The molecule has 0 spiro atoms. The number of halogens is 1. The van der Waals surface area contributed by atoms with Gasteiger partial charge in [-0.15, -0.1) is 12.4 Å². The Balaban J connectivity index is 0.00000225. The Kier molecular flexibility index (Phi) is 8.20. The monoisotopic (exact) mass is 366 g/mol. The lowest BCUT2D eigenvalue weighted by Crippen LogP contribution is -2.44. The van der Waals surface area contributed by atoms with Crippen LogP contribution in [0, 0.1) is 5.92 Å². The van der Waals surface area contributed by atoms with E-state index in [0.717, 1.165) is 52.1 Å². The Labute approximate surface area is 157 Å². The van der Waals surface area contributed by atoms with Gasteiger partial charge in [0.2, 0.25) is 5.91 Å². The summed E-state index contributed by atoms with van der Waals surface area (Å²) in [6.07, 6.45) is 6.05. The molecule has 25 heavy (non-hydrogen) atoms. The van der Waals surface area contributed by atoms with Gasteiger partial charge in [-0.25, -0.2) is 0 Å². The largest absolute Gasteiger partial charge is 0.381 e. The van der Waals surface area contributed by atoms with Crippen LogP contribution in [0.3, 0.4) is 0 Å². The second-order valence-corrected chi connectivity index (χ2v) is 7.27. The highest BCUT2D eigenvalue weighted by Crippen LogP contribution is 2.34. The summed E-state index contributed by atoms with van der Waals surface area (Å²) in [5.74, 6) is 0.915. The molecule has 140 valence electrons. The number of hydrogen-bond acceptors (Lipinski definition) is 3. The lowest BCUT2D eigenvalue weighted by molar-refractivity contribution is -0.122. The lowest BCUT2D eigenvalue weighted by atomic mass is 9.74. The fourth-order valence-corrected chi connectivity index (χ4v) is 3.98. The van der Waals surface area contributed by atoms with Crippen molar-refractivity contribution in [2.75, 3.05) is 32.8 Å². The van der Waals surface area contributed by atoms with Crippen LogP contribution in [0.4, 0.5) is 0 Å². The van der Waals surface area contributed by atoms with Crippen molar-refractivity contribution >= 4 is 18.3 Å². The molecule has 2 heterocycles. The zero-order valence-electron chi connectivity index (χ0n) is 15.0. The van der Waals surface area contributed by atoms with Crippen LogP contribution in [0.25, 0.3) is 0 Å². The topological polar surface area (TPSA) is 50.4 Å². The second kappa shape index (κ2) is 10.1. The van der Waals surface area contributed by atoms with Gasteiger partial charge in [0.1, 0.15) is 0 Å². The summed E-state index contributed by atoms with van der Waals surface area (Å²) in [4.78, 5) is 12.3. The molecule has 0 aromatic heterocycles. The number of ether oxygens (including phenoxy) is 1. The lowest BCUT2D eigenvalue weighted by Gasteiger charge is -2.38. The minimum absolute atomic E-state index is 0. The summed E-state index contributed by atoms with van der Waals surface area (Å²) >= 11 is 0. The maximum Gasteiger partial charge on any atom is 0.220 e. The SMILES string of the molecule is Cl.O=C(CCC1CCNCC1)NCC1(c2ccccc2)CCOCC1.